The molecular formula is C38H62N4O7. The number of esters is 1. The van der Waals surface area contributed by atoms with Crippen LogP contribution in [0.1, 0.15) is 72.8 Å². The standard InChI is InChI=1S/C38H62N4O7/c1-12-26(6)34(41(8)37(45)33(25(4)5)39-23-24(2)3)31(47-9)22-32(43)42-20-16-19-30(42)35(48-10)27(7)36(44)40-29(38(46)49-11)21-28-17-14-13-15-18-28/h13-15,17-18,25-27,29-31,33-35,39H,2,12,16,19-23H2,1,3-11H3,(H,40,44)/t26-,27+,29-,30-,31+,33-,34-,35+/m0/s1. The molecular weight excluding hydrogens is 624 g/mol. The summed E-state index contributed by atoms with van der Waals surface area (Å²) >= 11 is 0. The molecule has 0 bridgehead atoms. The van der Waals surface area contributed by atoms with Gasteiger partial charge >= 0.3 is 5.97 Å². The summed E-state index contributed by atoms with van der Waals surface area (Å²) in [6.07, 6.45) is 1.43. The Morgan fingerprint density at radius 3 is 2.22 bits per heavy atom. The van der Waals surface area contributed by atoms with E-state index in [4.69, 9.17) is 14.2 Å². The lowest BCUT2D eigenvalue weighted by molar-refractivity contribution is -0.148. The molecule has 0 spiro atoms. The number of carbonyl (C=O) groups is 4. The van der Waals surface area contributed by atoms with E-state index in [1.54, 1.807) is 38.0 Å². The van der Waals surface area contributed by atoms with Gasteiger partial charge in [-0.25, -0.2) is 4.79 Å². The van der Waals surface area contributed by atoms with E-state index in [-0.39, 0.29) is 54.5 Å². The molecule has 1 aliphatic heterocycles. The molecule has 1 fully saturated rings. The molecule has 3 amide bonds. The zero-order valence-corrected chi connectivity index (χ0v) is 31.5. The van der Waals surface area contributed by atoms with Gasteiger partial charge in [0.2, 0.25) is 17.7 Å². The molecule has 0 saturated carbocycles. The van der Waals surface area contributed by atoms with E-state index in [2.05, 4.69) is 31.1 Å². The fraction of sp³-hybridized carbons (Fsp3) is 0.684. The van der Waals surface area contributed by atoms with Gasteiger partial charge in [0, 0.05) is 40.8 Å². The van der Waals surface area contributed by atoms with Crippen LogP contribution in [0, 0.1) is 17.8 Å². The number of nitrogens with zero attached hydrogens (tertiary/aromatic N) is 2. The number of amides is 3. The van der Waals surface area contributed by atoms with Gasteiger partial charge in [-0.2, -0.15) is 0 Å². The van der Waals surface area contributed by atoms with Gasteiger partial charge in [0.05, 0.1) is 49.8 Å². The van der Waals surface area contributed by atoms with Gasteiger partial charge in [-0.3, -0.25) is 14.4 Å². The van der Waals surface area contributed by atoms with Crippen molar-refractivity contribution in [1.82, 2.24) is 20.4 Å². The number of benzene rings is 1. The molecule has 1 aromatic carbocycles. The van der Waals surface area contributed by atoms with Crippen LogP contribution in [-0.2, 0) is 39.8 Å². The molecule has 2 N–H and O–H groups in total. The Morgan fingerprint density at radius 2 is 1.69 bits per heavy atom. The predicted molar refractivity (Wildman–Crippen MR) is 192 cm³/mol. The molecule has 1 heterocycles. The van der Waals surface area contributed by atoms with E-state index in [1.165, 1.54) is 7.11 Å². The van der Waals surface area contributed by atoms with E-state index in [9.17, 15) is 19.2 Å². The zero-order valence-electron chi connectivity index (χ0n) is 31.5. The summed E-state index contributed by atoms with van der Waals surface area (Å²) in [5, 5.41) is 6.22. The summed E-state index contributed by atoms with van der Waals surface area (Å²) in [6.45, 7) is 16.9. The number of methoxy groups -OCH3 is 3. The number of likely N-dealkylation sites (tertiary alicyclic amines) is 1. The van der Waals surface area contributed by atoms with Gasteiger partial charge in [-0.1, -0.05) is 83.5 Å². The zero-order chi connectivity index (χ0) is 36.8. The van der Waals surface area contributed by atoms with Crippen LogP contribution in [0.5, 0.6) is 0 Å². The van der Waals surface area contributed by atoms with Crippen molar-refractivity contribution in [2.24, 2.45) is 17.8 Å². The molecule has 0 unspecified atom stereocenters. The second kappa shape index (κ2) is 20.4. The van der Waals surface area contributed by atoms with Gasteiger partial charge in [-0.05, 0) is 37.2 Å². The lowest BCUT2D eigenvalue weighted by Gasteiger charge is -2.41. The number of hydrogen-bond acceptors (Lipinski definition) is 8. The highest BCUT2D eigenvalue weighted by Crippen LogP contribution is 2.29. The fourth-order valence-corrected chi connectivity index (χ4v) is 6.91. The van der Waals surface area contributed by atoms with Crippen LogP contribution in [0.25, 0.3) is 0 Å². The second-order valence-corrected chi connectivity index (χ2v) is 13.9. The van der Waals surface area contributed by atoms with Crippen molar-refractivity contribution in [2.45, 2.75) is 110 Å². The molecule has 1 saturated heterocycles. The highest BCUT2D eigenvalue weighted by atomic mass is 16.5. The maximum atomic E-state index is 14.1. The maximum absolute atomic E-state index is 14.1. The minimum atomic E-state index is -0.868. The Bertz CT molecular complexity index is 1230. The fourth-order valence-electron chi connectivity index (χ4n) is 6.91. The summed E-state index contributed by atoms with van der Waals surface area (Å²) in [7, 11) is 6.23. The third-order valence-electron chi connectivity index (χ3n) is 9.90. The minimum absolute atomic E-state index is 0.0475. The summed E-state index contributed by atoms with van der Waals surface area (Å²) in [6, 6.07) is 7.45. The first-order chi connectivity index (χ1) is 23.2. The maximum Gasteiger partial charge on any atom is 0.328 e. The van der Waals surface area contributed by atoms with E-state index in [1.807, 2.05) is 51.1 Å². The number of ether oxygens (including phenoxy) is 3. The molecule has 0 radical (unpaired) electrons. The molecule has 2 rings (SSSR count). The third kappa shape index (κ3) is 11.6. The molecule has 1 aliphatic rings. The minimum Gasteiger partial charge on any atom is -0.467 e. The van der Waals surface area contributed by atoms with E-state index >= 15 is 0 Å². The number of hydrogen-bond donors (Lipinski definition) is 2. The van der Waals surface area contributed by atoms with Crippen molar-refractivity contribution < 1.29 is 33.4 Å². The Labute approximate surface area is 294 Å². The van der Waals surface area contributed by atoms with Crippen molar-refractivity contribution in [3.8, 4) is 0 Å². The van der Waals surface area contributed by atoms with Gasteiger partial charge in [-0.15, -0.1) is 0 Å². The van der Waals surface area contributed by atoms with Crippen molar-refractivity contribution in [3.63, 3.8) is 0 Å². The largest absolute Gasteiger partial charge is 0.467 e. The van der Waals surface area contributed by atoms with Crippen molar-refractivity contribution in [2.75, 3.05) is 41.5 Å². The SMILES string of the molecule is C=C(C)CN[C@H](C(=O)N(C)[C@@H]([C@@H](C)CC)[C@@H](CC(=O)N1CCC[C@H]1[C@H](OC)[C@@H](C)C(=O)N[C@@H](Cc1ccccc1)C(=O)OC)OC)C(C)C. The molecule has 49 heavy (non-hydrogen) atoms. The summed E-state index contributed by atoms with van der Waals surface area (Å²) in [5.74, 6) is -1.62. The first kappa shape index (κ1) is 41.9. The average molecular weight is 687 g/mol. The molecule has 11 heteroatoms. The van der Waals surface area contributed by atoms with Crippen LogP contribution in [0.4, 0.5) is 0 Å². The molecule has 0 aromatic heterocycles. The second-order valence-electron chi connectivity index (χ2n) is 13.9. The Morgan fingerprint density at radius 1 is 1.04 bits per heavy atom. The highest BCUT2D eigenvalue weighted by Gasteiger charge is 2.43. The van der Waals surface area contributed by atoms with E-state index < -0.39 is 36.2 Å². The number of carbonyl (C=O) groups excluding carboxylic acids is 4. The molecule has 0 aliphatic carbocycles. The topological polar surface area (TPSA) is 127 Å². The number of nitrogens with one attached hydrogen (secondary N) is 2. The Balaban J connectivity index is 2.24. The first-order valence-corrected chi connectivity index (χ1v) is 17.6. The van der Waals surface area contributed by atoms with Crippen LogP contribution in [0.3, 0.4) is 0 Å². The van der Waals surface area contributed by atoms with Crippen molar-refractivity contribution >= 4 is 23.7 Å². The normalized spacial score (nSPS) is 18.9. The molecule has 11 nitrogen and oxygen atoms in total. The van der Waals surface area contributed by atoms with E-state index in [0.29, 0.717) is 19.5 Å². The van der Waals surface area contributed by atoms with Gasteiger partial charge in [0.15, 0.2) is 0 Å². The monoisotopic (exact) mass is 686 g/mol. The van der Waals surface area contributed by atoms with Gasteiger partial charge in [0.1, 0.15) is 6.04 Å². The van der Waals surface area contributed by atoms with Gasteiger partial charge < -0.3 is 34.6 Å². The van der Waals surface area contributed by atoms with Crippen molar-refractivity contribution in [3.05, 3.63) is 48.0 Å². The lowest BCUT2D eigenvalue weighted by atomic mass is 9.89. The Hall–Kier alpha value is -3.28. The molecule has 276 valence electrons. The van der Waals surface area contributed by atoms with Crippen LogP contribution in [0.15, 0.2) is 42.5 Å². The summed E-state index contributed by atoms with van der Waals surface area (Å²) < 4.78 is 16.9. The lowest BCUT2D eigenvalue weighted by Crippen LogP contribution is -2.57. The number of likely N-dealkylation sites (N-methyl/N-ethyl adjacent to an activating group) is 1. The van der Waals surface area contributed by atoms with Gasteiger partial charge in [0.25, 0.3) is 0 Å². The van der Waals surface area contributed by atoms with Crippen LogP contribution in [-0.4, -0.2) is 111 Å². The predicted octanol–water partition coefficient (Wildman–Crippen LogP) is 4.00. The van der Waals surface area contributed by atoms with Crippen LogP contribution >= 0.6 is 0 Å². The summed E-state index contributed by atoms with van der Waals surface area (Å²) in [4.78, 5) is 57.7. The average Bonchev–Trinajstić information content (AvgIpc) is 3.57. The Kier molecular flexibility index (Phi) is 17.4. The third-order valence-corrected chi connectivity index (χ3v) is 9.90. The molecule has 1 aromatic rings. The van der Waals surface area contributed by atoms with E-state index in [0.717, 1.165) is 24.0 Å². The highest BCUT2D eigenvalue weighted by molar-refractivity contribution is 5.86. The number of rotatable bonds is 20. The van der Waals surface area contributed by atoms with Crippen molar-refractivity contribution in [1.29, 1.82) is 0 Å². The van der Waals surface area contributed by atoms with Crippen LogP contribution in [0.2, 0.25) is 0 Å². The molecule has 8 atom stereocenters. The smallest absolute Gasteiger partial charge is 0.328 e. The first-order valence-electron chi connectivity index (χ1n) is 17.6. The van der Waals surface area contributed by atoms with Crippen LogP contribution < -0.4 is 10.6 Å². The summed E-state index contributed by atoms with van der Waals surface area (Å²) in [5.41, 5.74) is 1.83. The quantitative estimate of drug-likeness (QED) is 0.156.